The fourth-order valence-corrected chi connectivity index (χ4v) is 3.45. The molecule has 1 aliphatic rings. The van der Waals surface area contributed by atoms with Gasteiger partial charge >= 0.3 is 0 Å². The largest absolute Gasteiger partial charge is 0.388 e. The molecule has 0 radical (unpaired) electrons. The lowest BCUT2D eigenvalue weighted by Crippen LogP contribution is -2.33. The molecule has 0 saturated carbocycles. The van der Waals surface area contributed by atoms with E-state index in [9.17, 15) is 5.11 Å². The normalized spacial score (nSPS) is 23.4. The number of likely N-dealkylation sites (tertiary alicyclic amines) is 1. The van der Waals surface area contributed by atoms with Crippen LogP contribution in [0.25, 0.3) is 0 Å². The first-order valence-electron chi connectivity index (χ1n) is 6.62. The second-order valence-electron chi connectivity index (χ2n) is 5.45. The molecule has 2 atom stereocenters. The zero-order chi connectivity index (χ0) is 12.3. The number of aliphatic hydroxyl groups is 1. The fraction of sp³-hybridized carbons (Fsp3) is 0.714. The van der Waals surface area contributed by atoms with Crippen molar-refractivity contribution in [2.45, 2.75) is 45.3 Å². The van der Waals surface area contributed by atoms with Gasteiger partial charge in [0.15, 0.2) is 0 Å². The van der Waals surface area contributed by atoms with E-state index in [4.69, 9.17) is 0 Å². The molecule has 1 aromatic heterocycles. The van der Waals surface area contributed by atoms with Gasteiger partial charge in [-0.15, -0.1) is 11.3 Å². The van der Waals surface area contributed by atoms with Crippen molar-refractivity contribution in [1.82, 2.24) is 4.90 Å². The molecule has 2 rings (SSSR count). The molecule has 0 aromatic carbocycles. The maximum atomic E-state index is 10.2. The van der Waals surface area contributed by atoms with E-state index >= 15 is 0 Å². The Kier molecular flexibility index (Phi) is 4.60. The van der Waals surface area contributed by atoms with Gasteiger partial charge in [-0.2, -0.15) is 0 Å². The van der Waals surface area contributed by atoms with E-state index in [1.807, 2.05) is 17.5 Å². The molecule has 0 aliphatic carbocycles. The van der Waals surface area contributed by atoms with Crippen LogP contribution < -0.4 is 0 Å². The molecule has 1 saturated heterocycles. The molecule has 0 bridgehead atoms. The minimum atomic E-state index is -0.271. The predicted molar refractivity (Wildman–Crippen MR) is 73.3 cm³/mol. The van der Waals surface area contributed by atoms with Gasteiger partial charge in [-0.1, -0.05) is 19.9 Å². The van der Waals surface area contributed by atoms with Gasteiger partial charge in [0.25, 0.3) is 0 Å². The first-order chi connectivity index (χ1) is 8.16. The topological polar surface area (TPSA) is 23.5 Å². The highest BCUT2D eigenvalue weighted by Gasteiger charge is 2.27. The Morgan fingerprint density at radius 2 is 2.35 bits per heavy atom. The second-order valence-corrected chi connectivity index (χ2v) is 6.43. The summed E-state index contributed by atoms with van der Waals surface area (Å²) in [5.41, 5.74) is 0. The molecule has 2 heterocycles. The van der Waals surface area contributed by atoms with E-state index in [-0.39, 0.29) is 6.10 Å². The molecule has 1 aromatic rings. The van der Waals surface area contributed by atoms with Gasteiger partial charge in [-0.3, -0.25) is 0 Å². The molecule has 2 nitrogen and oxygen atoms in total. The molecule has 2 unspecified atom stereocenters. The number of hydrogen-bond donors (Lipinski definition) is 1. The zero-order valence-corrected chi connectivity index (χ0v) is 11.6. The van der Waals surface area contributed by atoms with Crippen LogP contribution in [-0.4, -0.2) is 29.1 Å². The third-order valence-electron chi connectivity index (χ3n) is 3.47. The van der Waals surface area contributed by atoms with Crippen LogP contribution >= 0.6 is 11.3 Å². The van der Waals surface area contributed by atoms with Crippen LogP contribution in [0.4, 0.5) is 0 Å². The number of thiophene rings is 1. The van der Waals surface area contributed by atoms with Crippen molar-refractivity contribution in [3.63, 3.8) is 0 Å². The molecule has 1 N–H and O–H groups in total. The zero-order valence-electron chi connectivity index (χ0n) is 10.8. The predicted octanol–water partition coefficient (Wildman–Crippen LogP) is 3.29. The average Bonchev–Trinajstić information content (AvgIpc) is 2.89. The Balaban J connectivity index is 1.89. The smallest absolute Gasteiger partial charge is 0.0896 e. The minimum Gasteiger partial charge on any atom is -0.388 e. The summed E-state index contributed by atoms with van der Waals surface area (Å²) in [4.78, 5) is 3.67. The summed E-state index contributed by atoms with van der Waals surface area (Å²) in [7, 11) is 0. The van der Waals surface area contributed by atoms with Gasteiger partial charge in [0.1, 0.15) is 0 Å². The lowest BCUT2D eigenvalue weighted by Gasteiger charge is -2.27. The van der Waals surface area contributed by atoms with Crippen LogP contribution in [0.3, 0.4) is 0 Å². The highest BCUT2D eigenvalue weighted by molar-refractivity contribution is 7.10. The van der Waals surface area contributed by atoms with Crippen LogP contribution in [0.1, 0.15) is 44.1 Å². The molecule has 17 heavy (non-hydrogen) atoms. The van der Waals surface area contributed by atoms with Gasteiger partial charge in [-0.05, 0) is 43.2 Å². The summed E-state index contributed by atoms with van der Waals surface area (Å²) in [6.45, 7) is 6.91. The quantitative estimate of drug-likeness (QED) is 0.870. The van der Waals surface area contributed by atoms with Crippen molar-refractivity contribution in [3.8, 4) is 0 Å². The van der Waals surface area contributed by atoms with Crippen LogP contribution in [0.5, 0.6) is 0 Å². The summed E-state index contributed by atoms with van der Waals surface area (Å²) in [6, 6.07) is 4.63. The average molecular weight is 253 g/mol. The van der Waals surface area contributed by atoms with Crippen molar-refractivity contribution in [1.29, 1.82) is 0 Å². The highest BCUT2D eigenvalue weighted by atomic mass is 32.1. The SMILES string of the molecule is CC(C)CN1CCCC1CC(O)c1cccs1. The van der Waals surface area contributed by atoms with Crippen molar-refractivity contribution in [2.24, 2.45) is 5.92 Å². The summed E-state index contributed by atoms with van der Waals surface area (Å²) >= 11 is 1.66. The van der Waals surface area contributed by atoms with Crippen LogP contribution in [0, 0.1) is 5.92 Å². The Labute approximate surface area is 108 Å². The van der Waals surface area contributed by atoms with E-state index in [1.54, 1.807) is 11.3 Å². The standard InChI is InChI=1S/C14H23NOS/c1-11(2)10-15-7-3-5-12(15)9-13(16)14-6-4-8-17-14/h4,6,8,11-13,16H,3,5,7,9-10H2,1-2H3. The Morgan fingerprint density at radius 3 is 3.00 bits per heavy atom. The van der Waals surface area contributed by atoms with E-state index in [0.717, 1.165) is 17.2 Å². The van der Waals surface area contributed by atoms with Gasteiger partial charge < -0.3 is 10.0 Å². The van der Waals surface area contributed by atoms with Gasteiger partial charge in [-0.25, -0.2) is 0 Å². The maximum Gasteiger partial charge on any atom is 0.0896 e. The summed E-state index contributed by atoms with van der Waals surface area (Å²) in [5, 5.41) is 12.2. The molecule has 1 aliphatic heterocycles. The number of nitrogens with zero attached hydrogens (tertiary/aromatic N) is 1. The summed E-state index contributed by atoms with van der Waals surface area (Å²) in [6.07, 6.45) is 3.16. The number of hydrogen-bond acceptors (Lipinski definition) is 3. The monoisotopic (exact) mass is 253 g/mol. The van der Waals surface area contributed by atoms with E-state index in [2.05, 4.69) is 18.7 Å². The minimum absolute atomic E-state index is 0.271. The first kappa shape index (κ1) is 13.1. The lowest BCUT2D eigenvalue weighted by molar-refractivity contribution is 0.118. The number of rotatable bonds is 5. The highest BCUT2D eigenvalue weighted by Crippen LogP contribution is 2.29. The van der Waals surface area contributed by atoms with E-state index in [0.29, 0.717) is 6.04 Å². The number of aliphatic hydroxyl groups excluding tert-OH is 1. The van der Waals surface area contributed by atoms with Crippen LogP contribution in [0.2, 0.25) is 0 Å². The molecular weight excluding hydrogens is 230 g/mol. The van der Waals surface area contributed by atoms with Crippen molar-refractivity contribution < 1.29 is 5.11 Å². The van der Waals surface area contributed by atoms with E-state index < -0.39 is 0 Å². The third kappa shape index (κ3) is 3.54. The van der Waals surface area contributed by atoms with Crippen molar-refractivity contribution in [2.75, 3.05) is 13.1 Å². The Bertz CT molecular complexity index is 323. The summed E-state index contributed by atoms with van der Waals surface area (Å²) in [5.74, 6) is 0.717. The molecular formula is C14H23NOS. The van der Waals surface area contributed by atoms with E-state index in [1.165, 1.54) is 25.9 Å². The maximum absolute atomic E-state index is 10.2. The van der Waals surface area contributed by atoms with Crippen LogP contribution in [0.15, 0.2) is 17.5 Å². The Hall–Kier alpha value is -0.380. The molecule has 96 valence electrons. The second kappa shape index (κ2) is 5.98. The molecule has 1 fully saturated rings. The fourth-order valence-electron chi connectivity index (χ4n) is 2.73. The van der Waals surface area contributed by atoms with Crippen molar-refractivity contribution >= 4 is 11.3 Å². The van der Waals surface area contributed by atoms with Gasteiger partial charge in [0.2, 0.25) is 0 Å². The summed E-state index contributed by atoms with van der Waals surface area (Å²) < 4.78 is 0. The van der Waals surface area contributed by atoms with Gasteiger partial charge in [0.05, 0.1) is 6.10 Å². The van der Waals surface area contributed by atoms with Gasteiger partial charge in [0, 0.05) is 17.5 Å². The first-order valence-corrected chi connectivity index (χ1v) is 7.50. The molecule has 3 heteroatoms. The Morgan fingerprint density at radius 1 is 1.53 bits per heavy atom. The van der Waals surface area contributed by atoms with Crippen LogP contribution in [-0.2, 0) is 0 Å². The third-order valence-corrected chi connectivity index (χ3v) is 4.44. The van der Waals surface area contributed by atoms with Crippen molar-refractivity contribution in [3.05, 3.63) is 22.4 Å². The lowest BCUT2D eigenvalue weighted by atomic mass is 10.0. The molecule has 0 spiro atoms. The molecule has 0 amide bonds.